The Labute approximate surface area is 149 Å². The summed E-state index contributed by atoms with van der Waals surface area (Å²) >= 11 is 1.43. The summed E-state index contributed by atoms with van der Waals surface area (Å²) in [4.78, 5) is 29.4. The van der Waals surface area contributed by atoms with Gasteiger partial charge < -0.3 is 9.73 Å². The Morgan fingerprint density at radius 2 is 2.20 bits per heavy atom. The van der Waals surface area contributed by atoms with Crippen LogP contribution in [0.4, 0.5) is 0 Å². The van der Waals surface area contributed by atoms with Gasteiger partial charge in [-0.2, -0.15) is 0 Å². The SMILES string of the molecule is Cc1nnc(CNC(=O)C2CSc3nc(C(C)(C)C)cc(=O)n3C2)o1. The van der Waals surface area contributed by atoms with Crippen molar-refractivity contribution in [1.82, 2.24) is 25.1 Å². The van der Waals surface area contributed by atoms with Gasteiger partial charge in [-0.3, -0.25) is 14.2 Å². The van der Waals surface area contributed by atoms with Gasteiger partial charge in [0, 0.05) is 30.7 Å². The molecule has 1 N–H and O–H groups in total. The highest BCUT2D eigenvalue weighted by Gasteiger charge is 2.28. The Hall–Kier alpha value is -2.16. The van der Waals surface area contributed by atoms with Gasteiger partial charge >= 0.3 is 0 Å². The molecule has 1 aliphatic heterocycles. The predicted octanol–water partition coefficient (Wildman–Crippen LogP) is 1.27. The minimum absolute atomic E-state index is 0.118. The van der Waals surface area contributed by atoms with E-state index in [2.05, 4.69) is 20.5 Å². The first kappa shape index (κ1) is 17.7. The number of thioether (sulfide) groups is 1. The van der Waals surface area contributed by atoms with Crippen LogP contribution >= 0.6 is 11.8 Å². The molecule has 9 heteroatoms. The highest BCUT2D eigenvalue weighted by Crippen LogP contribution is 2.28. The smallest absolute Gasteiger partial charge is 0.254 e. The van der Waals surface area contributed by atoms with Gasteiger partial charge in [-0.25, -0.2) is 4.98 Å². The lowest BCUT2D eigenvalue weighted by Gasteiger charge is -2.26. The van der Waals surface area contributed by atoms with Gasteiger partial charge in [0.2, 0.25) is 17.7 Å². The van der Waals surface area contributed by atoms with Crippen molar-refractivity contribution in [1.29, 1.82) is 0 Å². The summed E-state index contributed by atoms with van der Waals surface area (Å²) < 4.78 is 6.81. The van der Waals surface area contributed by atoms with Crippen molar-refractivity contribution in [2.45, 2.75) is 51.4 Å². The number of aryl methyl sites for hydroxylation is 1. The molecule has 2 aromatic rings. The zero-order valence-electron chi connectivity index (χ0n) is 14.7. The minimum Gasteiger partial charge on any atom is -0.424 e. The van der Waals surface area contributed by atoms with Gasteiger partial charge in [-0.1, -0.05) is 32.5 Å². The highest BCUT2D eigenvalue weighted by molar-refractivity contribution is 7.99. The van der Waals surface area contributed by atoms with E-state index < -0.39 is 0 Å². The van der Waals surface area contributed by atoms with E-state index in [0.29, 0.717) is 29.2 Å². The van der Waals surface area contributed by atoms with Crippen LogP contribution in [-0.4, -0.2) is 31.4 Å². The van der Waals surface area contributed by atoms with Crippen LogP contribution in [0.2, 0.25) is 0 Å². The monoisotopic (exact) mass is 363 g/mol. The maximum Gasteiger partial charge on any atom is 0.254 e. The maximum absolute atomic E-state index is 12.4. The van der Waals surface area contributed by atoms with Crippen LogP contribution in [-0.2, 0) is 23.3 Å². The molecule has 134 valence electrons. The van der Waals surface area contributed by atoms with Crippen LogP contribution in [0.15, 0.2) is 20.4 Å². The molecule has 2 aromatic heterocycles. The fourth-order valence-electron chi connectivity index (χ4n) is 2.47. The molecule has 25 heavy (non-hydrogen) atoms. The Morgan fingerprint density at radius 1 is 1.44 bits per heavy atom. The molecule has 3 rings (SSSR count). The topological polar surface area (TPSA) is 103 Å². The normalized spacial score (nSPS) is 17.2. The fourth-order valence-corrected chi connectivity index (χ4v) is 3.56. The largest absolute Gasteiger partial charge is 0.424 e. The molecule has 1 amide bonds. The molecule has 0 saturated carbocycles. The number of carbonyl (C=O) groups is 1. The van der Waals surface area contributed by atoms with Crippen LogP contribution in [0.1, 0.15) is 38.2 Å². The standard InChI is InChI=1S/C16H21N5O3S/c1-9-19-20-12(24-9)6-17-14(23)10-7-21-13(22)5-11(16(2,3)4)18-15(21)25-8-10/h5,10H,6-8H2,1-4H3,(H,17,23). The van der Waals surface area contributed by atoms with E-state index >= 15 is 0 Å². The Morgan fingerprint density at radius 3 is 2.84 bits per heavy atom. The number of aromatic nitrogens is 4. The number of hydrogen-bond acceptors (Lipinski definition) is 7. The van der Waals surface area contributed by atoms with Crippen LogP contribution in [0.3, 0.4) is 0 Å². The molecule has 0 aromatic carbocycles. The van der Waals surface area contributed by atoms with Gasteiger partial charge in [0.15, 0.2) is 5.16 Å². The van der Waals surface area contributed by atoms with E-state index in [9.17, 15) is 9.59 Å². The van der Waals surface area contributed by atoms with Crippen LogP contribution in [0.5, 0.6) is 0 Å². The van der Waals surface area contributed by atoms with Crippen molar-refractivity contribution in [3.8, 4) is 0 Å². The Bertz CT molecular complexity index is 852. The molecular formula is C16H21N5O3S. The molecule has 1 unspecified atom stereocenters. The lowest BCUT2D eigenvalue weighted by molar-refractivity contribution is -0.125. The first-order valence-electron chi connectivity index (χ1n) is 8.06. The summed E-state index contributed by atoms with van der Waals surface area (Å²) in [5.74, 6) is 0.957. The molecule has 1 aliphatic rings. The third-order valence-corrected chi connectivity index (χ3v) is 5.05. The molecule has 0 fully saturated rings. The van der Waals surface area contributed by atoms with E-state index in [1.165, 1.54) is 11.8 Å². The minimum atomic E-state index is -0.304. The average molecular weight is 363 g/mol. The highest BCUT2D eigenvalue weighted by atomic mass is 32.2. The number of hydrogen-bond donors (Lipinski definition) is 1. The molecule has 0 saturated heterocycles. The van der Waals surface area contributed by atoms with Gasteiger partial charge in [0.25, 0.3) is 5.56 Å². The van der Waals surface area contributed by atoms with Crippen LogP contribution < -0.4 is 10.9 Å². The number of carbonyl (C=O) groups excluding carboxylic acids is 1. The van der Waals surface area contributed by atoms with Crippen LogP contribution in [0.25, 0.3) is 0 Å². The van der Waals surface area contributed by atoms with Crippen molar-refractivity contribution in [2.24, 2.45) is 5.92 Å². The number of fused-ring (bicyclic) bond motifs is 1. The molecule has 8 nitrogen and oxygen atoms in total. The zero-order valence-corrected chi connectivity index (χ0v) is 15.5. The van der Waals surface area contributed by atoms with Gasteiger partial charge in [-0.05, 0) is 0 Å². The summed E-state index contributed by atoms with van der Waals surface area (Å²) in [5.41, 5.74) is 0.463. The van der Waals surface area contributed by atoms with Crippen molar-refractivity contribution in [3.05, 3.63) is 33.9 Å². The summed E-state index contributed by atoms with van der Waals surface area (Å²) in [6, 6.07) is 1.56. The van der Waals surface area contributed by atoms with E-state index in [1.54, 1.807) is 17.6 Å². The molecule has 0 radical (unpaired) electrons. The molecular weight excluding hydrogens is 342 g/mol. The van der Waals surface area contributed by atoms with Crippen molar-refractivity contribution in [2.75, 3.05) is 5.75 Å². The second-order valence-electron chi connectivity index (χ2n) is 7.06. The third-order valence-electron chi connectivity index (χ3n) is 3.91. The summed E-state index contributed by atoms with van der Waals surface area (Å²) in [5, 5.41) is 11.0. The van der Waals surface area contributed by atoms with Gasteiger partial charge in [0.1, 0.15) is 0 Å². The zero-order chi connectivity index (χ0) is 18.2. The first-order chi connectivity index (χ1) is 11.7. The lowest BCUT2D eigenvalue weighted by Crippen LogP contribution is -2.40. The summed E-state index contributed by atoms with van der Waals surface area (Å²) in [6.45, 7) is 8.27. The predicted molar refractivity (Wildman–Crippen MR) is 92.3 cm³/mol. The molecule has 3 heterocycles. The van der Waals surface area contributed by atoms with E-state index in [4.69, 9.17) is 4.42 Å². The number of nitrogens with one attached hydrogen (secondary N) is 1. The van der Waals surface area contributed by atoms with E-state index in [1.807, 2.05) is 20.8 Å². The summed E-state index contributed by atoms with van der Waals surface area (Å²) in [6.07, 6.45) is 0. The van der Waals surface area contributed by atoms with Crippen LogP contribution in [0, 0.1) is 12.8 Å². The Kier molecular flexibility index (Phi) is 4.68. The molecule has 1 atom stereocenters. The second-order valence-corrected chi connectivity index (χ2v) is 8.05. The van der Waals surface area contributed by atoms with Crippen molar-refractivity contribution in [3.63, 3.8) is 0 Å². The van der Waals surface area contributed by atoms with Gasteiger partial charge in [-0.15, -0.1) is 10.2 Å². The van der Waals surface area contributed by atoms with E-state index in [-0.39, 0.29) is 29.3 Å². The Balaban J connectivity index is 1.70. The fraction of sp³-hybridized carbons (Fsp3) is 0.562. The van der Waals surface area contributed by atoms with Gasteiger partial charge in [0.05, 0.1) is 18.2 Å². The average Bonchev–Trinajstić information content (AvgIpc) is 2.97. The quantitative estimate of drug-likeness (QED) is 0.819. The molecule has 0 aliphatic carbocycles. The number of amides is 1. The van der Waals surface area contributed by atoms with Crippen molar-refractivity contribution >= 4 is 17.7 Å². The summed E-state index contributed by atoms with van der Waals surface area (Å²) in [7, 11) is 0. The van der Waals surface area contributed by atoms with E-state index in [0.717, 1.165) is 5.69 Å². The number of rotatable bonds is 3. The molecule has 0 spiro atoms. The second kappa shape index (κ2) is 6.62. The lowest BCUT2D eigenvalue weighted by atomic mass is 9.92. The van der Waals surface area contributed by atoms with Crippen molar-refractivity contribution < 1.29 is 9.21 Å². The first-order valence-corrected chi connectivity index (χ1v) is 9.04. The molecule has 0 bridgehead atoms. The third kappa shape index (κ3) is 3.92. The number of nitrogens with zero attached hydrogens (tertiary/aromatic N) is 4. The maximum atomic E-state index is 12.4.